The minimum Gasteiger partial charge on any atom is -0.464 e. The van der Waals surface area contributed by atoms with Gasteiger partial charge in [0.2, 0.25) is 0 Å². The van der Waals surface area contributed by atoms with E-state index >= 15 is 0 Å². The summed E-state index contributed by atoms with van der Waals surface area (Å²) in [4.78, 5) is 31.3. The van der Waals surface area contributed by atoms with Gasteiger partial charge in [-0.2, -0.15) is 0 Å². The van der Waals surface area contributed by atoms with Crippen LogP contribution in [-0.4, -0.2) is 59.8 Å². The van der Waals surface area contributed by atoms with Crippen LogP contribution in [0.15, 0.2) is 53.3 Å². The van der Waals surface area contributed by atoms with Gasteiger partial charge in [-0.1, -0.05) is 12.1 Å². The summed E-state index contributed by atoms with van der Waals surface area (Å²) >= 11 is 0. The average Bonchev–Trinajstić information content (AvgIpc) is 3.11. The standard InChI is InChI=1S/C24H27N3O5/c1-24(2,3)32-23(29)27-11-13-30-15-18(14-27)26-22(28)17-6-4-16(5-7-17)21-19-9-12-31-20(19)8-10-25-21/h4-10,12,18H,11,13-15H2,1-3H3,(H,26,28)/t18-/m0/s1. The zero-order chi connectivity index (χ0) is 22.7. The highest BCUT2D eigenvalue weighted by Gasteiger charge is 2.27. The molecular formula is C24H27N3O5. The molecule has 2 aromatic heterocycles. The van der Waals surface area contributed by atoms with Crippen LogP contribution in [-0.2, 0) is 9.47 Å². The Morgan fingerprint density at radius 3 is 2.69 bits per heavy atom. The van der Waals surface area contributed by atoms with Crippen LogP contribution in [0.2, 0.25) is 0 Å². The molecule has 8 nitrogen and oxygen atoms in total. The Morgan fingerprint density at radius 2 is 1.94 bits per heavy atom. The summed E-state index contributed by atoms with van der Waals surface area (Å²) in [6.45, 7) is 6.94. The maximum absolute atomic E-state index is 12.8. The molecule has 4 rings (SSSR count). The molecule has 1 atom stereocenters. The Kier molecular flexibility index (Phi) is 6.14. The molecule has 1 saturated heterocycles. The molecule has 2 amide bonds. The minimum atomic E-state index is -0.583. The summed E-state index contributed by atoms with van der Waals surface area (Å²) in [7, 11) is 0. The van der Waals surface area contributed by atoms with E-state index < -0.39 is 11.7 Å². The molecule has 1 fully saturated rings. The van der Waals surface area contributed by atoms with E-state index in [9.17, 15) is 9.59 Å². The number of carbonyl (C=O) groups excluding carboxylic acids is 2. The van der Waals surface area contributed by atoms with Crippen molar-refractivity contribution in [3.05, 3.63) is 54.4 Å². The quantitative estimate of drug-likeness (QED) is 0.669. The van der Waals surface area contributed by atoms with Gasteiger partial charge in [-0.05, 0) is 45.0 Å². The van der Waals surface area contributed by atoms with E-state index in [0.29, 0.717) is 31.9 Å². The highest BCUT2D eigenvalue weighted by atomic mass is 16.6. The van der Waals surface area contributed by atoms with Crippen molar-refractivity contribution in [1.29, 1.82) is 0 Å². The van der Waals surface area contributed by atoms with Crippen molar-refractivity contribution in [2.24, 2.45) is 0 Å². The first-order chi connectivity index (χ1) is 15.3. The molecule has 3 heterocycles. The molecule has 8 heteroatoms. The van der Waals surface area contributed by atoms with Crippen LogP contribution < -0.4 is 5.32 Å². The van der Waals surface area contributed by atoms with E-state index in [1.807, 2.05) is 45.0 Å². The van der Waals surface area contributed by atoms with Crippen molar-refractivity contribution in [3.8, 4) is 11.3 Å². The van der Waals surface area contributed by atoms with Gasteiger partial charge in [0.25, 0.3) is 5.91 Å². The van der Waals surface area contributed by atoms with Gasteiger partial charge in [0.1, 0.15) is 11.2 Å². The van der Waals surface area contributed by atoms with Gasteiger partial charge in [0, 0.05) is 35.8 Å². The molecule has 32 heavy (non-hydrogen) atoms. The normalized spacial score (nSPS) is 17.1. The second kappa shape index (κ2) is 9.00. The lowest BCUT2D eigenvalue weighted by Crippen LogP contribution is -2.47. The van der Waals surface area contributed by atoms with E-state index in [4.69, 9.17) is 13.9 Å². The number of benzene rings is 1. The molecule has 1 aliphatic heterocycles. The fourth-order valence-corrected chi connectivity index (χ4v) is 3.56. The third-order valence-electron chi connectivity index (χ3n) is 5.05. The van der Waals surface area contributed by atoms with Crippen molar-refractivity contribution in [2.45, 2.75) is 32.4 Å². The fraction of sp³-hybridized carbons (Fsp3) is 0.375. The maximum Gasteiger partial charge on any atom is 0.410 e. The third kappa shape index (κ3) is 5.08. The van der Waals surface area contributed by atoms with Crippen molar-refractivity contribution in [1.82, 2.24) is 15.2 Å². The number of pyridine rings is 1. The zero-order valence-electron chi connectivity index (χ0n) is 18.5. The number of fused-ring (bicyclic) bond motifs is 1. The molecule has 3 aromatic rings. The van der Waals surface area contributed by atoms with Crippen LogP contribution in [0.5, 0.6) is 0 Å². The van der Waals surface area contributed by atoms with Crippen LogP contribution in [0.4, 0.5) is 4.79 Å². The van der Waals surface area contributed by atoms with E-state index in [1.165, 1.54) is 0 Å². The number of ether oxygens (including phenoxy) is 2. The number of nitrogens with one attached hydrogen (secondary N) is 1. The first kappa shape index (κ1) is 21.8. The molecular weight excluding hydrogens is 410 g/mol. The zero-order valence-corrected chi connectivity index (χ0v) is 18.5. The molecule has 0 spiro atoms. The molecule has 1 N–H and O–H groups in total. The maximum atomic E-state index is 12.8. The van der Waals surface area contributed by atoms with Crippen LogP contribution in [0, 0.1) is 0 Å². The Balaban J connectivity index is 1.43. The highest BCUT2D eigenvalue weighted by molar-refractivity contribution is 5.96. The lowest BCUT2D eigenvalue weighted by molar-refractivity contribution is 0.0237. The summed E-state index contributed by atoms with van der Waals surface area (Å²) in [5, 5.41) is 3.88. The van der Waals surface area contributed by atoms with Crippen molar-refractivity contribution in [3.63, 3.8) is 0 Å². The predicted octanol–water partition coefficient (Wildman–Crippen LogP) is 3.86. The number of rotatable bonds is 3. The topological polar surface area (TPSA) is 93.9 Å². The number of furan rings is 1. The number of amides is 2. The molecule has 1 aliphatic rings. The van der Waals surface area contributed by atoms with Gasteiger partial charge < -0.3 is 24.1 Å². The average molecular weight is 437 g/mol. The Hall–Kier alpha value is -3.39. The van der Waals surface area contributed by atoms with Gasteiger partial charge in [-0.3, -0.25) is 9.78 Å². The van der Waals surface area contributed by atoms with Gasteiger partial charge in [-0.15, -0.1) is 0 Å². The highest BCUT2D eigenvalue weighted by Crippen LogP contribution is 2.27. The van der Waals surface area contributed by atoms with Crippen LogP contribution in [0.25, 0.3) is 22.2 Å². The van der Waals surface area contributed by atoms with E-state index in [2.05, 4.69) is 10.3 Å². The Bertz CT molecular complexity index is 1100. The number of hydrogen-bond donors (Lipinski definition) is 1. The fourth-order valence-electron chi connectivity index (χ4n) is 3.56. The van der Waals surface area contributed by atoms with Crippen molar-refractivity contribution in [2.75, 3.05) is 26.3 Å². The molecule has 0 saturated carbocycles. The molecule has 0 aliphatic carbocycles. The van der Waals surface area contributed by atoms with E-state index in [-0.39, 0.29) is 11.9 Å². The van der Waals surface area contributed by atoms with Crippen LogP contribution in [0.1, 0.15) is 31.1 Å². The van der Waals surface area contributed by atoms with Crippen LogP contribution in [0.3, 0.4) is 0 Å². The van der Waals surface area contributed by atoms with E-state index in [0.717, 1.165) is 22.2 Å². The summed E-state index contributed by atoms with van der Waals surface area (Å²) in [6.07, 6.45) is 2.92. The number of aromatic nitrogens is 1. The van der Waals surface area contributed by atoms with Gasteiger partial charge in [0.05, 0.1) is 31.2 Å². The Labute approximate surface area is 186 Å². The lowest BCUT2D eigenvalue weighted by Gasteiger charge is -2.28. The summed E-state index contributed by atoms with van der Waals surface area (Å²) in [6, 6.07) is 10.6. The van der Waals surface area contributed by atoms with Gasteiger partial charge in [-0.25, -0.2) is 4.79 Å². The molecule has 0 radical (unpaired) electrons. The number of carbonyl (C=O) groups is 2. The molecule has 168 valence electrons. The number of hydrogen-bond acceptors (Lipinski definition) is 6. The minimum absolute atomic E-state index is 0.231. The SMILES string of the molecule is CC(C)(C)OC(=O)N1CCOC[C@@H](NC(=O)c2ccc(-c3nccc4occc34)cc2)C1. The van der Waals surface area contributed by atoms with Crippen molar-refractivity contribution < 1.29 is 23.5 Å². The molecule has 0 bridgehead atoms. The Morgan fingerprint density at radius 1 is 1.16 bits per heavy atom. The lowest BCUT2D eigenvalue weighted by atomic mass is 10.1. The molecule has 1 aromatic carbocycles. The summed E-state index contributed by atoms with van der Waals surface area (Å²) < 4.78 is 16.5. The smallest absolute Gasteiger partial charge is 0.410 e. The van der Waals surface area contributed by atoms with Gasteiger partial charge >= 0.3 is 6.09 Å². The van der Waals surface area contributed by atoms with Gasteiger partial charge in [0.15, 0.2) is 0 Å². The second-order valence-electron chi connectivity index (χ2n) is 8.74. The second-order valence-corrected chi connectivity index (χ2v) is 8.74. The van der Waals surface area contributed by atoms with Crippen molar-refractivity contribution >= 4 is 23.0 Å². The largest absolute Gasteiger partial charge is 0.464 e. The summed E-state index contributed by atoms with van der Waals surface area (Å²) in [5.41, 5.74) is 2.39. The third-order valence-corrected chi connectivity index (χ3v) is 5.05. The first-order valence-corrected chi connectivity index (χ1v) is 10.6. The monoisotopic (exact) mass is 437 g/mol. The predicted molar refractivity (Wildman–Crippen MR) is 119 cm³/mol. The van der Waals surface area contributed by atoms with Crippen LogP contribution >= 0.6 is 0 Å². The molecule has 0 unspecified atom stereocenters. The number of nitrogens with zero attached hydrogens (tertiary/aromatic N) is 2. The summed E-state index contributed by atoms with van der Waals surface area (Å²) in [5.74, 6) is -0.231. The van der Waals surface area contributed by atoms with E-state index in [1.54, 1.807) is 29.5 Å². The first-order valence-electron chi connectivity index (χ1n) is 10.6.